The Kier molecular flexibility index (Phi) is 7.14. The first-order valence-corrected chi connectivity index (χ1v) is 7.09. The standard InChI is InChI=1S/C17H25NO2/c1-5-7-14(2)18(3)13-16-12-15(8-6-11-19)9-10-17(16)20-4/h9-10,12,14,19H,5,7,11,13H2,1-4H3. The second kappa shape index (κ2) is 8.63. The molecule has 0 saturated carbocycles. The molecule has 0 fully saturated rings. The minimum atomic E-state index is -0.116. The van der Waals surface area contributed by atoms with E-state index in [1.165, 1.54) is 12.8 Å². The average molecular weight is 275 g/mol. The van der Waals surface area contributed by atoms with E-state index in [1.54, 1.807) is 7.11 Å². The van der Waals surface area contributed by atoms with Gasteiger partial charge in [-0.3, -0.25) is 4.90 Å². The average Bonchev–Trinajstić information content (AvgIpc) is 2.45. The second-order valence-corrected chi connectivity index (χ2v) is 5.04. The first-order valence-electron chi connectivity index (χ1n) is 7.09. The smallest absolute Gasteiger partial charge is 0.123 e. The lowest BCUT2D eigenvalue weighted by atomic mass is 10.1. The Hall–Kier alpha value is -1.50. The number of aliphatic hydroxyl groups excluding tert-OH is 1. The van der Waals surface area contributed by atoms with Crippen molar-refractivity contribution in [2.45, 2.75) is 39.3 Å². The van der Waals surface area contributed by atoms with Crippen LogP contribution in [0, 0.1) is 11.8 Å². The van der Waals surface area contributed by atoms with Crippen LogP contribution in [-0.2, 0) is 6.54 Å². The Morgan fingerprint density at radius 3 is 2.75 bits per heavy atom. The van der Waals surface area contributed by atoms with Gasteiger partial charge in [-0.05, 0) is 38.6 Å². The summed E-state index contributed by atoms with van der Waals surface area (Å²) in [5, 5.41) is 8.77. The molecule has 0 aromatic heterocycles. The lowest BCUT2D eigenvalue weighted by Gasteiger charge is -2.25. The summed E-state index contributed by atoms with van der Waals surface area (Å²) in [7, 11) is 3.82. The van der Waals surface area contributed by atoms with Gasteiger partial charge in [0.15, 0.2) is 0 Å². The van der Waals surface area contributed by atoms with Crippen molar-refractivity contribution in [2.24, 2.45) is 0 Å². The predicted octanol–water partition coefficient (Wildman–Crippen LogP) is 2.66. The number of methoxy groups -OCH3 is 1. The van der Waals surface area contributed by atoms with E-state index in [9.17, 15) is 0 Å². The molecule has 1 N–H and O–H groups in total. The van der Waals surface area contributed by atoms with Gasteiger partial charge in [0.2, 0.25) is 0 Å². The van der Waals surface area contributed by atoms with Crippen molar-refractivity contribution in [3.05, 3.63) is 29.3 Å². The molecule has 1 aromatic carbocycles. The van der Waals surface area contributed by atoms with Crippen molar-refractivity contribution in [2.75, 3.05) is 20.8 Å². The molecule has 3 heteroatoms. The molecule has 0 aliphatic rings. The van der Waals surface area contributed by atoms with Gasteiger partial charge in [-0.15, -0.1) is 0 Å². The van der Waals surface area contributed by atoms with Crippen molar-refractivity contribution in [1.82, 2.24) is 4.90 Å². The molecule has 0 saturated heterocycles. The number of nitrogens with zero attached hydrogens (tertiary/aromatic N) is 1. The first kappa shape index (κ1) is 16.6. The highest BCUT2D eigenvalue weighted by Crippen LogP contribution is 2.22. The molecule has 20 heavy (non-hydrogen) atoms. The molecule has 0 aliphatic heterocycles. The normalized spacial score (nSPS) is 11.9. The molecule has 0 radical (unpaired) electrons. The third kappa shape index (κ3) is 4.88. The van der Waals surface area contributed by atoms with Gasteiger partial charge >= 0.3 is 0 Å². The quantitative estimate of drug-likeness (QED) is 0.810. The zero-order chi connectivity index (χ0) is 15.0. The molecule has 1 aromatic rings. The van der Waals surface area contributed by atoms with E-state index >= 15 is 0 Å². The zero-order valence-corrected chi connectivity index (χ0v) is 12.9. The van der Waals surface area contributed by atoms with E-state index in [0.29, 0.717) is 6.04 Å². The molecule has 0 bridgehead atoms. The number of ether oxygens (including phenoxy) is 1. The van der Waals surface area contributed by atoms with Gasteiger partial charge in [0, 0.05) is 23.7 Å². The van der Waals surface area contributed by atoms with Crippen molar-refractivity contribution in [3.63, 3.8) is 0 Å². The fourth-order valence-electron chi connectivity index (χ4n) is 2.18. The molecule has 110 valence electrons. The van der Waals surface area contributed by atoms with Crippen LogP contribution in [0.2, 0.25) is 0 Å². The fraction of sp³-hybridized carbons (Fsp3) is 0.529. The van der Waals surface area contributed by atoms with Gasteiger partial charge in [-0.2, -0.15) is 0 Å². The van der Waals surface area contributed by atoms with Crippen LogP contribution in [-0.4, -0.2) is 36.8 Å². The van der Waals surface area contributed by atoms with Crippen LogP contribution in [0.1, 0.15) is 37.8 Å². The third-order valence-corrected chi connectivity index (χ3v) is 3.47. The molecule has 0 spiro atoms. The van der Waals surface area contributed by atoms with Crippen LogP contribution in [0.3, 0.4) is 0 Å². The summed E-state index contributed by atoms with van der Waals surface area (Å²) in [5.41, 5.74) is 2.04. The van der Waals surface area contributed by atoms with Gasteiger partial charge in [0.1, 0.15) is 12.4 Å². The molecule has 1 atom stereocenters. The van der Waals surface area contributed by atoms with E-state index < -0.39 is 0 Å². The molecule has 0 amide bonds. The molecular weight excluding hydrogens is 250 g/mol. The summed E-state index contributed by atoms with van der Waals surface area (Å²) in [5.74, 6) is 6.50. The highest BCUT2D eigenvalue weighted by Gasteiger charge is 2.12. The fourth-order valence-corrected chi connectivity index (χ4v) is 2.18. The second-order valence-electron chi connectivity index (χ2n) is 5.04. The van der Waals surface area contributed by atoms with E-state index in [0.717, 1.165) is 23.4 Å². The Balaban J connectivity index is 2.90. The van der Waals surface area contributed by atoms with Crippen molar-refractivity contribution in [1.29, 1.82) is 0 Å². The number of benzene rings is 1. The van der Waals surface area contributed by atoms with Crippen molar-refractivity contribution in [3.8, 4) is 17.6 Å². The Morgan fingerprint density at radius 2 is 2.15 bits per heavy atom. The van der Waals surface area contributed by atoms with Crippen LogP contribution in [0.25, 0.3) is 0 Å². The maximum atomic E-state index is 8.77. The van der Waals surface area contributed by atoms with E-state index in [2.05, 4.69) is 37.6 Å². The minimum absolute atomic E-state index is 0.116. The number of rotatable bonds is 6. The molecular formula is C17H25NO2. The lowest BCUT2D eigenvalue weighted by Crippen LogP contribution is -2.28. The van der Waals surface area contributed by atoms with E-state index in [1.807, 2.05) is 18.2 Å². The van der Waals surface area contributed by atoms with E-state index in [-0.39, 0.29) is 6.61 Å². The molecule has 1 rings (SSSR count). The number of hydrogen-bond acceptors (Lipinski definition) is 3. The number of hydrogen-bond donors (Lipinski definition) is 1. The van der Waals surface area contributed by atoms with Crippen LogP contribution in [0.15, 0.2) is 18.2 Å². The molecule has 1 unspecified atom stereocenters. The van der Waals surface area contributed by atoms with Gasteiger partial charge in [-0.1, -0.05) is 25.2 Å². The van der Waals surface area contributed by atoms with Crippen LogP contribution in [0.5, 0.6) is 5.75 Å². The topological polar surface area (TPSA) is 32.7 Å². The van der Waals surface area contributed by atoms with Gasteiger partial charge in [0.25, 0.3) is 0 Å². The van der Waals surface area contributed by atoms with Gasteiger partial charge in [-0.25, -0.2) is 0 Å². The third-order valence-electron chi connectivity index (χ3n) is 3.47. The first-order chi connectivity index (χ1) is 9.62. The Labute approximate surface area is 122 Å². The monoisotopic (exact) mass is 275 g/mol. The van der Waals surface area contributed by atoms with Crippen LogP contribution in [0.4, 0.5) is 0 Å². The van der Waals surface area contributed by atoms with Crippen LogP contribution >= 0.6 is 0 Å². The summed E-state index contributed by atoms with van der Waals surface area (Å²) in [6.07, 6.45) is 2.37. The maximum Gasteiger partial charge on any atom is 0.123 e. The zero-order valence-electron chi connectivity index (χ0n) is 12.9. The molecule has 0 aliphatic carbocycles. The Morgan fingerprint density at radius 1 is 1.40 bits per heavy atom. The Bertz CT molecular complexity index is 474. The number of aliphatic hydroxyl groups is 1. The van der Waals surface area contributed by atoms with E-state index in [4.69, 9.17) is 9.84 Å². The minimum Gasteiger partial charge on any atom is -0.496 e. The molecule has 0 heterocycles. The molecule has 3 nitrogen and oxygen atoms in total. The van der Waals surface area contributed by atoms with Crippen LogP contribution < -0.4 is 4.74 Å². The lowest BCUT2D eigenvalue weighted by molar-refractivity contribution is 0.233. The highest BCUT2D eigenvalue weighted by atomic mass is 16.5. The predicted molar refractivity (Wildman–Crippen MR) is 82.8 cm³/mol. The highest BCUT2D eigenvalue weighted by molar-refractivity contribution is 5.44. The van der Waals surface area contributed by atoms with Gasteiger partial charge in [0.05, 0.1) is 7.11 Å². The van der Waals surface area contributed by atoms with Crippen molar-refractivity contribution < 1.29 is 9.84 Å². The SMILES string of the molecule is CCCC(C)N(C)Cc1cc(C#CCO)ccc1OC. The summed E-state index contributed by atoms with van der Waals surface area (Å²) in [6, 6.07) is 6.43. The summed E-state index contributed by atoms with van der Waals surface area (Å²) >= 11 is 0. The van der Waals surface area contributed by atoms with Gasteiger partial charge < -0.3 is 9.84 Å². The summed E-state index contributed by atoms with van der Waals surface area (Å²) < 4.78 is 5.42. The summed E-state index contributed by atoms with van der Waals surface area (Å²) in [6.45, 7) is 5.16. The largest absolute Gasteiger partial charge is 0.496 e. The van der Waals surface area contributed by atoms with Crippen molar-refractivity contribution >= 4 is 0 Å². The maximum absolute atomic E-state index is 8.77. The summed E-state index contributed by atoms with van der Waals surface area (Å²) in [4.78, 5) is 2.32.